The first kappa shape index (κ1) is 20.6. The summed E-state index contributed by atoms with van der Waals surface area (Å²) in [5.41, 5.74) is 0.187. The largest absolute Gasteiger partial charge is 0.452 e. The summed E-state index contributed by atoms with van der Waals surface area (Å²) >= 11 is 7.45. The fraction of sp³-hybridized carbons (Fsp3) is 0.500. The van der Waals surface area contributed by atoms with Gasteiger partial charge in [-0.3, -0.25) is 10.1 Å². The highest BCUT2D eigenvalue weighted by Gasteiger charge is 2.23. The van der Waals surface area contributed by atoms with E-state index in [9.17, 15) is 14.4 Å². The Labute approximate surface area is 162 Å². The molecule has 1 saturated carbocycles. The zero-order valence-corrected chi connectivity index (χ0v) is 16.4. The van der Waals surface area contributed by atoms with Crippen molar-refractivity contribution in [3.63, 3.8) is 0 Å². The van der Waals surface area contributed by atoms with Crippen LogP contribution in [0.4, 0.5) is 4.79 Å². The first-order valence-corrected chi connectivity index (χ1v) is 10.1. The molecule has 1 fully saturated rings. The van der Waals surface area contributed by atoms with Gasteiger partial charge in [-0.2, -0.15) is 0 Å². The molecular weight excluding hydrogens is 376 g/mol. The number of imide groups is 1. The number of rotatable bonds is 5. The standard InChI is InChI=1S/C18H23ClN2O4S/c1-11-5-3-4-6-15(11)20-18(24)21-16(22)10-25-17(23)13-9-12(26-2)7-8-14(13)19/h7-9,11,15H,3-6,10H2,1-2H3,(H2,20,21,22,24)/t11-,15+/m1/s1. The van der Waals surface area contributed by atoms with Gasteiger partial charge in [-0.25, -0.2) is 9.59 Å². The van der Waals surface area contributed by atoms with E-state index in [4.69, 9.17) is 16.3 Å². The van der Waals surface area contributed by atoms with E-state index < -0.39 is 24.5 Å². The first-order valence-electron chi connectivity index (χ1n) is 8.51. The maximum Gasteiger partial charge on any atom is 0.340 e. The number of thioether (sulfide) groups is 1. The van der Waals surface area contributed by atoms with Crippen LogP contribution in [0.15, 0.2) is 23.1 Å². The Balaban J connectivity index is 1.80. The third-order valence-corrected chi connectivity index (χ3v) is 5.46. The highest BCUT2D eigenvalue weighted by molar-refractivity contribution is 7.98. The van der Waals surface area contributed by atoms with Gasteiger partial charge in [0.2, 0.25) is 0 Å². The second-order valence-corrected chi connectivity index (χ2v) is 7.60. The summed E-state index contributed by atoms with van der Waals surface area (Å²) in [7, 11) is 0. The van der Waals surface area contributed by atoms with E-state index >= 15 is 0 Å². The number of benzene rings is 1. The molecule has 0 aromatic heterocycles. The van der Waals surface area contributed by atoms with Crippen LogP contribution in [-0.4, -0.2) is 36.8 Å². The third-order valence-electron chi connectivity index (χ3n) is 4.41. The van der Waals surface area contributed by atoms with Crippen LogP contribution in [0, 0.1) is 5.92 Å². The molecule has 8 heteroatoms. The Morgan fingerprint density at radius 3 is 2.69 bits per heavy atom. The normalized spacial score (nSPS) is 19.5. The van der Waals surface area contributed by atoms with Crippen LogP contribution in [0.3, 0.4) is 0 Å². The molecule has 2 N–H and O–H groups in total. The molecule has 0 heterocycles. The Bertz CT molecular complexity index is 683. The number of nitrogens with one attached hydrogen (secondary N) is 2. The van der Waals surface area contributed by atoms with E-state index in [0.717, 1.165) is 30.6 Å². The van der Waals surface area contributed by atoms with Crippen molar-refractivity contribution < 1.29 is 19.1 Å². The van der Waals surface area contributed by atoms with E-state index in [-0.39, 0.29) is 16.6 Å². The molecule has 0 aliphatic heterocycles. The van der Waals surface area contributed by atoms with Crippen molar-refractivity contribution in [2.75, 3.05) is 12.9 Å². The van der Waals surface area contributed by atoms with Crippen molar-refractivity contribution in [2.45, 2.75) is 43.5 Å². The van der Waals surface area contributed by atoms with Crippen LogP contribution in [0.5, 0.6) is 0 Å². The lowest BCUT2D eigenvalue weighted by molar-refractivity contribution is -0.123. The number of hydrogen-bond donors (Lipinski definition) is 2. The van der Waals surface area contributed by atoms with E-state index in [1.54, 1.807) is 18.2 Å². The van der Waals surface area contributed by atoms with E-state index in [1.165, 1.54) is 11.8 Å². The smallest absolute Gasteiger partial charge is 0.340 e. The second-order valence-electron chi connectivity index (χ2n) is 6.31. The fourth-order valence-corrected chi connectivity index (χ4v) is 3.53. The lowest BCUT2D eigenvalue weighted by atomic mass is 9.86. The highest BCUT2D eigenvalue weighted by atomic mass is 35.5. The summed E-state index contributed by atoms with van der Waals surface area (Å²) in [5, 5.41) is 5.24. The lowest BCUT2D eigenvalue weighted by Crippen LogP contribution is -2.48. The Morgan fingerprint density at radius 1 is 1.27 bits per heavy atom. The molecule has 1 aromatic carbocycles. The van der Waals surface area contributed by atoms with Gasteiger partial charge in [0.1, 0.15) is 0 Å². The first-order chi connectivity index (χ1) is 12.4. The van der Waals surface area contributed by atoms with Crippen molar-refractivity contribution in [3.05, 3.63) is 28.8 Å². The van der Waals surface area contributed by atoms with E-state index in [0.29, 0.717) is 5.92 Å². The van der Waals surface area contributed by atoms with Gasteiger partial charge in [0, 0.05) is 10.9 Å². The molecule has 1 aromatic rings. The molecule has 0 saturated heterocycles. The number of urea groups is 1. The number of carbonyl (C=O) groups excluding carboxylic acids is 3. The monoisotopic (exact) mass is 398 g/mol. The van der Waals surface area contributed by atoms with Crippen LogP contribution >= 0.6 is 23.4 Å². The van der Waals surface area contributed by atoms with Gasteiger partial charge in [-0.15, -0.1) is 11.8 Å². The number of ether oxygens (including phenoxy) is 1. The van der Waals surface area contributed by atoms with Crippen LogP contribution in [0.1, 0.15) is 43.0 Å². The molecular formula is C18H23ClN2O4S. The summed E-state index contributed by atoms with van der Waals surface area (Å²) in [6.45, 7) is 1.53. The van der Waals surface area contributed by atoms with Gasteiger partial charge in [0.05, 0.1) is 10.6 Å². The summed E-state index contributed by atoms with van der Waals surface area (Å²) in [6.07, 6.45) is 6.07. The quantitative estimate of drug-likeness (QED) is 0.584. The van der Waals surface area contributed by atoms with Crippen molar-refractivity contribution in [1.82, 2.24) is 10.6 Å². The molecule has 1 aliphatic carbocycles. The topological polar surface area (TPSA) is 84.5 Å². The molecule has 0 radical (unpaired) electrons. The maximum atomic E-state index is 12.1. The van der Waals surface area contributed by atoms with Crippen LogP contribution < -0.4 is 10.6 Å². The Hall–Kier alpha value is -1.73. The molecule has 1 aliphatic rings. The van der Waals surface area contributed by atoms with Crippen molar-refractivity contribution >= 4 is 41.3 Å². The van der Waals surface area contributed by atoms with Crippen molar-refractivity contribution in [1.29, 1.82) is 0 Å². The molecule has 3 amide bonds. The molecule has 6 nitrogen and oxygen atoms in total. The fourth-order valence-electron chi connectivity index (χ4n) is 2.89. The Kier molecular flexibility index (Phi) is 7.78. The molecule has 0 bridgehead atoms. The molecule has 142 valence electrons. The number of carbonyl (C=O) groups is 3. The van der Waals surface area contributed by atoms with Gasteiger partial charge in [-0.1, -0.05) is 31.4 Å². The molecule has 0 unspecified atom stereocenters. The van der Waals surface area contributed by atoms with Crippen LogP contribution in [0.25, 0.3) is 0 Å². The molecule has 26 heavy (non-hydrogen) atoms. The van der Waals surface area contributed by atoms with Crippen molar-refractivity contribution in [3.8, 4) is 0 Å². The Morgan fingerprint density at radius 2 is 2.00 bits per heavy atom. The second kappa shape index (κ2) is 9.83. The SMILES string of the molecule is CSc1ccc(Cl)c(C(=O)OCC(=O)NC(=O)N[C@H]2CCCC[C@H]2C)c1. The van der Waals surface area contributed by atoms with Crippen molar-refractivity contribution in [2.24, 2.45) is 5.92 Å². The van der Waals surface area contributed by atoms with Gasteiger partial charge in [0.25, 0.3) is 5.91 Å². The number of amides is 3. The average Bonchev–Trinajstić information content (AvgIpc) is 2.62. The minimum atomic E-state index is -0.706. The zero-order valence-electron chi connectivity index (χ0n) is 14.8. The number of hydrogen-bond acceptors (Lipinski definition) is 5. The minimum Gasteiger partial charge on any atom is -0.452 e. The summed E-state index contributed by atoms with van der Waals surface area (Å²) < 4.78 is 4.96. The van der Waals surface area contributed by atoms with Gasteiger partial charge in [-0.05, 0) is 43.2 Å². The maximum absolute atomic E-state index is 12.1. The van der Waals surface area contributed by atoms with E-state index in [1.807, 2.05) is 6.26 Å². The summed E-state index contributed by atoms with van der Waals surface area (Å²) in [6, 6.07) is 4.49. The lowest BCUT2D eigenvalue weighted by Gasteiger charge is -2.29. The molecule has 2 rings (SSSR count). The van der Waals surface area contributed by atoms with Crippen LogP contribution in [0.2, 0.25) is 5.02 Å². The predicted molar refractivity (Wildman–Crippen MR) is 102 cm³/mol. The number of esters is 1. The van der Waals surface area contributed by atoms with Gasteiger partial charge >= 0.3 is 12.0 Å². The average molecular weight is 399 g/mol. The molecule has 0 spiro atoms. The third kappa shape index (κ3) is 5.92. The zero-order chi connectivity index (χ0) is 19.1. The van der Waals surface area contributed by atoms with Gasteiger partial charge in [0.15, 0.2) is 6.61 Å². The molecule has 2 atom stereocenters. The predicted octanol–water partition coefficient (Wildman–Crippen LogP) is 3.62. The minimum absolute atomic E-state index is 0.0622. The summed E-state index contributed by atoms with van der Waals surface area (Å²) in [5.74, 6) is -1.01. The van der Waals surface area contributed by atoms with Crippen LogP contribution in [-0.2, 0) is 9.53 Å². The summed E-state index contributed by atoms with van der Waals surface area (Å²) in [4.78, 5) is 36.7. The highest BCUT2D eigenvalue weighted by Crippen LogP contribution is 2.24. The van der Waals surface area contributed by atoms with Gasteiger partial charge < -0.3 is 10.1 Å². The number of halogens is 1. The van der Waals surface area contributed by atoms with E-state index in [2.05, 4.69) is 17.6 Å².